The van der Waals surface area contributed by atoms with Crippen LogP contribution in [0.2, 0.25) is 0 Å². The van der Waals surface area contributed by atoms with Gasteiger partial charge in [-0.15, -0.1) is 0 Å². The molecule has 0 spiro atoms. The van der Waals surface area contributed by atoms with Gasteiger partial charge in [-0.2, -0.15) is 41.9 Å². The normalized spacial score (nSPS) is 7.69. The summed E-state index contributed by atoms with van der Waals surface area (Å²) >= 11 is 0. The van der Waals surface area contributed by atoms with E-state index in [0.29, 0.717) is 0 Å². The van der Waals surface area contributed by atoms with Crippen LogP contribution in [0.1, 0.15) is 27.8 Å². The van der Waals surface area contributed by atoms with E-state index in [1.54, 1.807) is 14.1 Å². The number of hydrogen-bond acceptors (Lipinski definition) is 0. The van der Waals surface area contributed by atoms with Gasteiger partial charge in [0.2, 0.25) is 0 Å². The molecule has 0 aliphatic rings. The molecule has 0 unspecified atom stereocenters. The molecule has 1 aromatic rings. The summed E-state index contributed by atoms with van der Waals surface area (Å²) in [7, 11) is 3.50. The third-order valence-electron chi connectivity index (χ3n) is 2.81. The Hall–Kier alpha value is 0.604. The monoisotopic (exact) mass is 297 g/mol. The molecular formula is C12H21Cl2NTi. The minimum atomic E-state index is 0. The summed E-state index contributed by atoms with van der Waals surface area (Å²) in [6.07, 6.45) is 0. The van der Waals surface area contributed by atoms with E-state index in [2.05, 4.69) is 39.9 Å². The van der Waals surface area contributed by atoms with Crippen molar-refractivity contribution in [2.45, 2.75) is 34.6 Å². The Morgan fingerprint density at radius 3 is 1.06 bits per heavy atom. The average Bonchev–Trinajstić information content (AvgIpc) is 2.25. The van der Waals surface area contributed by atoms with Gasteiger partial charge < -0.3 is 30.1 Å². The van der Waals surface area contributed by atoms with Gasteiger partial charge in [0, 0.05) is 0 Å². The average molecular weight is 298 g/mol. The Morgan fingerprint density at radius 1 is 0.812 bits per heavy atom. The summed E-state index contributed by atoms with van der Waals surface area (Å²) < 4.78 is 0. The zero-order valence-corrected chi connectivity index (χ0v) is 14.3. The van der Waals surface area contributed by atoms with Crippen LogP contribution in [0.3, 0.4) is 0 Å². The number of nitrogens with zero attached hydrogens (tertiary/aromatic N) is 1. The van der Waals surface area contributed by atoms with Gasteiger partial charge in [0.05, 0.1) is 0 Å². The third kappa shape index (κ3) is 6.37. The fraction of sp³-hybridized carbons (Fsp3) is 0.583. The van der Waals surface area contributed by atoms with Crippen molar-refractivity contribution in [2.75, 3.05) is 14.1 Å². The maximum atomic E-state index is 3.50. The molecule has 1 aromatic carbocycles. The van der Waals surface area contributed by atoms with Gasteiger partial charge in [-0.1, -0.05) is 34.6 Å². The fourth-order valence-electron chi connectivity index (χ4n) is 1.41. The second-order valence-corrected chi connectivity index (χ2v) is 3.57. The zero-order chi connectivity index (χ0) is 10.6. The summed E-state index contributed by atoms with van der Waals surface area (Å²) in [5.74, 6) is 0. The first-order valence-electron chi connectivity index (χ1n) is 4.64. The maximum Gasteiger partial charge on any atom is 4.00 e. The van der Waals surface area contributed by atoms with Crippen molar-refractivity contribution in [1.82, 2.24) is 0 Å². The van der Waals surface area contributed by atoms with Crippen LogP contribution < -0.4 is 24.8 Å². The van der Waals surface area contributed by atoms with Gasteiger partial charge in [-0.05, 0) is 0 Å². The summed E-state index contributed by atoms with van der Waals surface area (Å²) in [6, 6.07) is 0. The molecule has 0 radical (unpaired) electrons. The van der Waals surface area contributed by atoms with Gasteiger partial charge in [0.15, 0.2) is 0 Å². The smallest absolute Gasteiger partial charge is 1.00 e. The standard InChI is InChI=1S/C10H15.C2H6N.2ClH.Ti/c1-6-7(2)9(4)10(5)8(6)3;1-3-2;;;/h1-5H3;1-2H3;2*1H;/q2*-1;;;+4/p-2. The molecule has 0 saturated carbocycles. The predicted molar refractivity (Wildman–Crippen MR) is 60.9 cm³/mol. The SMILES string of the molecule is C[N-]C.Cc1c(C)c(C)[c-](C)c1C.[Cl-].[Cl-].[Ti+4]. The van der Waals surface area contributed by atoms with E-state index in [9.17, 15) is 0 Å². The van der Waals surface area contributed by atoms with E-state index in [1.165, 1.54) is 27.8 Å². The number of rotatable bonds is 0. The molecule has 0 amide bonds. The first-order chi connectivity index (χ1) is 5.97. The molecule has 4 heteroatoms. The van der Waals surface area contributed by atoms with Gasteiger partial charge in [0.25, 0.3) is 0 Å². The van der Waals surface area contributed by atoms with Crippen molar-refractivity contribution < 1.29 is 46.5 Å². The Balaban J connectivity index is -0.000000109. The molecule has 0 aromatic heterocycles. The van der Waals surface area contributed by atoms with E-state index in [4.69, 9.17) is 0 Å². The molecule has 1 rings (SSSR count). The van der Waals surface area contributed by atoms with Gasteiger partial charge >= 0.3 is 21.7 Å². The van der Waals surface area contributed by atoms with E-state index in [1.807, 2.05) is 0 Å². The molecule has 0 saturated heterocycles. The Labute approximate surface area is 128 Å². The predicted octanol–water partition coefficient (Wildman–Crippen LogP) is -2.43. The van der Waals surface area contributed by atoms with Crippen LogP contribution in [0.4, 0.5) is 0 Å². The second kappa shape index (κ2) is 12.1. The Bertz CT molecular complexity index is 203. The van der Waals surface area contributed by atoms with Crippen molar-refractivity contribution in [3.05, 3.63) is 33.1 Å². The number of halogens is 2. The molecule has 92 valence electrons. The fourth-order valence-corrected chi connectivity index (χ4v) is 1.41. The van der Waals surface area contributed by atoms with Crippen LogP contribution in [0.5, 0.6) is 0 Å². The molecule has 0 atom stereocenters. The zero-order valence-electron chi connectivity index (χ0n) is 11.2. The van der Waals surface area contributed by atoms with Crippen molar-refractivity contribution in [3.63, 3.8) is 0 Å². The molecule has 16 heavy (non-hydrogen) atoms. The van der Waals surface area contributed by atoms with Crippen LogP contribution in [0.25, 0.3) is 5.32 Å². The molecule has 0 aliphatic heterocycles. The first-order valence-corrected chi connectivity index (χ1v) is 4.64. The van der Waals surface area contributed by atoms with Crippen molar-refractivity contribution in [1.29, 1.82) is 0 Å². The minimum absolute atomic E-state index is 0. The molecule has 0 bridgehead atoms. The van der Waals surface area contributed by atoms with Crippen LogP contribution in [-0.2, 0) is 21.7 Å². The quantitative estimate of drug-likeness (QED) is 0.374. The molecule has 0 N–H and O–H groups in total. The molecule has 0 aliphatic carbocycles. The second-order valence-electron chi connectivity index (χ2n) is 3.57. The van der Waals surface area contributed by atoms with E-state index in [0.717, 1.165) is 0 Å². The molecule has 0 fully saturated rings. The topological polar surface area (TPSA) is 14.1 Å². The van der Waals surface area contributed by atoms with Crippen LogP contribution in [0, 0.1) is 34.6 Å². The van der Waals surface area contributed by atoms with Crippen LogP contribution in [-0.4, -0.2) is 14.1 Å². The Kier molecular flexibility index (Phi) is 19.2. The van der Waals surface area contributed by atoms with E-state index < -0.39 is 0 Å². The van der Waals surface area contributed by atoms with Crippen LogP contribution in [0.15, 0.2) is 0 Å². The summed E-state index contributed by atoms with van der Waals surface area (Å²) in [4.78, 5) is 0. The van der Waals surface area contributed by atoms with E-state index in [-0.39, 0.29) is 46.5 Å². The van der Waals surface area contributed by atoms with Crippen molar-refractivity contribution in [2.24, 2.45) is 0 Å². The van der Waals surface area contributed by atoms with Crippen LogP contribution >= 0.6 is 0 Å². The largest absolute Gasteiger partial charge is 4.00 e. The summed E-state index contributed by atoms with van der Waals surface area (Å²) in [5.41, 5.74) is 7.34. The van der Waals surface area contributed by atoms with Gasteiger partial charge in [-0.3, -0.25) is 0 Å². The Morgan fingerprint density at radius 2 is 1.00 bits per heavy atom. The van der Waals surface area contributed by atoms with Crippen molar-refractivity contribution in [3.8, 4) is 0 Å². The molecule has 1 nitrogen and oxygen atoms in total. The van der Waals surface area contributed by atoms with Crippen molar-refractivity contribution >= 4 is 0 Å². The van der Waals surface area contributed by atoms with Gasteiger partial charge in [0.1, 0.15) is 0 Å². The minimum Gasteiger partial charge on any atom is -1.00 e. The molecule has 0 heterocycles. The summed E-state index contributed by atoms with van der Waals surface area (Å²) in [6.45, 7) is 11.0. The van der Waals surface area contributed by atoms with E-state index >= 15 is 0 Å². The number of hydrogen-bond donors (Lipinski definition) is 0. The molecular weight excluding hydrogens is 277 g/mol. The summed E-state index contributed by atoms with van der Waals surface area (Å²) in [5, 5.41) is 3.50. The third-order valence-corrected chi connectivity index (χ3v) is 2.81. The maximum absolute atomic E-state index is 3.50. The van der Waals surface area contributed by atoms with Gasteiger partial charge in [-0.25, -0.2) is 0 Å². The first kappa shape index (κ1) is 25.4.